The van der Waals surface area contributed by atoms with Crippen molar-refractivity contribution in [2.45, 2.75) is 19.5 Å². The van der Waals surface area contributed by atoms with Gasteiger partial charge in [-0.1, -0.05) is 6.07 Å². The standard InChI is InChI=1S/C18H21N5O2S2/c1-11(16(19)24)20-17-15-12(13-3-2-8-26-13)10-27-18(15)22-14(21-17)9-23-4-6-25-7-5-23/h2-3,8,10-11H,4-7,9H2,1H3,(H2,19,24)(H,20,21,22)/t11-/m1/s1. The number of ether oxygens (including phenoxy) is 1. The van der Waals surface area contributed by atoms with Crippen LogP contribution in [0.1, 0.15) is 12.7 Å². The first-order valence-corrected chi connectivity index (χ1v) is 10.6. The normalized spacial score (nSPS) is 16.5. The van der Waals surface area contributed by atoms with Crippen LogP contribution in [0, 0.1) is 0 Å². The summed E-state index contributed by atoms with van der Waals surface area (Å²) in [6.45, 7) is 5.60. The van der Waals surface area contributed by atoms with E-state index in [1.165, 1.54) is 0 Å². The van der Waals surface area contributed by atoms with Gasteiger partial charge >= 0.3 is 0 Å². The maximum atomic E-state index is 11.6. The molecule has 1 amide bonds. The Labute approximate surface area is 165 Å². The van der Waals surface area contributed by atoms with Crippen LogP contribution in [-0.4, -0.2) is 53.1 Å². The molecule has 9 heteroatoms. The van der Waals surface area contributed by atoms with E-state index in [1.807, 2.05) is 11.4 Å². The summed E-state index contributed by atoms with van der Waals surface area (Å²) in [4.78, 5) is 25.5. The van der Waals surface area contributed by atoms with Crippen LogP contribution in [-0.2, 0) is 16.1 Å². The van der Waals surface area contributed by atoms with Crippen molar-refractivity contribution in [1.29, 1.82) is 0 Å². The van der Waals surface area contributed by atoms with Gasteiger partial charge in [0.05, 0.1) is 25.1 Å². The number of primary amides is 1. The molecule has 27 heavy (non-hydrogen) atoms. The smallest absolute Gasteiger partial charge is 0.239 e. The van der Waals surface area contributed by atoms with Gasteiger partial charge in [0.25, 0.3) is 0 Å². The van der Waals surface area contributed by atoms with E-state index >= 15 is 0 Å². The van der Waals surface area contributed by atoms with Crippen LogP contribution < -0.4 is 11.1 Å². The first-order chi connectivity index (χ1) is 13.1. The molecule has 1 aliphatic rings. The van der Waals surface area contributed by atoms with Crippen molar-refractivity contribution in [3.8, 4) is 10.4 Å². The number of rotatable bonds is 6. The van der Waals surface area contributed by atoms with Gasteiger partial charge in [0.2, 0.25) is 5.91 Å². The molecule has 142 valence electrons. The Morgan fingerprint density at radius 3 is 2.89 bits per heavy atom. The van der Waals surface area contributed by atoms with E-state index in [0.29, 0.717) is 12.4 Å². The van der Waals surface area contributed by atoms with Crippen molar-refractivity contribution >= 4 is 44.6 Å². The maximum Gasteiger partial charge on any atom is 0.239 e. The van der Waals surface area contributed by atoms with Gasteiger partial charge in [-0.25, -0.2) is 9.97 Å². The Kier molecular flexibility index (Phi) is 5.35. The zero-order valence-electron chi connectivity index (χ0n) is 15.0. The number of fused-ring (bicyclic) bond motifs is 1. The molecule has 1 fully saturated rings. The number of aromatic nitrogens is 2. The summed E-state index contributed by atoms with van der Waals surface area (Å²) in [5.74, 6) is 0.992. The molecule has 3 aromatic rings. The van der Waals surface area contributed by atoms with Crippen LogP contribution >= 0.6 is 22.7 Å². The highest BCUT2D eigenvalue weighted by atomic mass is 32.1. The molecule has 1 aliphatic heterocycles. The number of anilines is 1. The first kappa shape index (κ1) is 18.3. The quantitative estimate of drug-likeness (QED) is 0.657. The average Bonchev–Trinajstić information content (AvgIpc) is 3.31. The Bertz CT molecular complexity index is 935. The molecule has 0 saturated carbocycles. The molecule has 1 saturated heterocycles. The van der Waals surface area contributed by atoms with Crippen LogP contribution in [0.2, 0.25) is 0 Å². The third kappa shape index (κ3) is 3.96. The van der Waals surface area contributed by atoms with Crippen molar-refractivity contribution in [2.75, 3.05) is 31.6 Å². The van der Waals surface area contributed by atoms with Crippen molar-refractivity contribution in [2.24, 2.45) is 5.73 Å². The Hall–Kier alpha value is -2.07. The maximum absolute atomic E-state index is 11.6. The van der Waals surface area contributed by atoms with Gasteiger partial charge in [0.1, 0.15) is 22.5 Å². The molecule has 0 radical (unpaired) electrons. The van der Waals surface area contributed by atoms with Gasteiger partial charge in [-0.15, -0.1) is 22.7 Å². The predicted octanol–water partition coefficient (Wildman–Crippen LogP) is 2.54. The van der Waals surface area contributed by atoms with Gasteiger partial charge in [0.15, 0.2) is 0 Å². The summed E-state index contributed by atoms with van der Waals surface area (Å²) in [5.41, 5.74) is 6.55. The van der Waals surface area contributed by atoms with Gasteiger partial charge in [-0.2, -0.15) is 0 Å². The first-order valence-electron chi connectivity index (χ1n) is 8.80. The highest BCUT2D eigenvalue weighted by molar-refractivity contribution is 7.18. The zero-order valence-corrected chi connectivity index (χ0v) is 16.6. The van der Waals surface area contributed by atoms with E-state index in [9.17, 15) is 4.79 Å². The number of nitrogens with one attached hydrogen (secondary N) is 1. The number of nitrogens with two attached hydrogens (primary N) is 1. The van der Waals surface area contributed by atoms with Crippen molar-refractivity contribution in [1.82, 2.24) is 14.9 Å². The topological polar surface area (TPSA) is 93.4 Å². The summed E-state index contributed by atoms with van der Waals surface area (Å²) in [5, 5.41) is 8.29. The molecule has 0 spiro atoms. The fourth-order valence-electron chi connectivity index (χ4n) is 3.01. The number of nitrogens with zero attached hydrogens (tertiary/aromatic N) is 3. The molecule has 4 heterocycles. The molecule has 3 aromatic heterocycles. The second-order valence-corrected chi connectivity index (χ2v) is 8.26. The summed E-state index contributed by atoms with van der Waals surface area (Å²) >= 11 is 3.27. The number of morpholine rings is 1. The SMILES string of the molecule is C[C@@H](Nc1nc(CN2CCOCC2)nc2scc(-c3cccs3)c12)C(N)=O. The molecule has 4 rings (SSSR count). The molecule has 7 nitrogen and oxygen atoms in total. The lowest BCUT2D eigenvalue weighted by Gasteiger charge is -2.26. The minimum Gasteiger partial charge on any atom is -0.379 e. The molecular formula is C18H21N5O2S2. The van der Waals surface area contributed by atoms with E-state index in [0.717, 1.165) is 52.8 Å². The Morgan fingerprint density at radius 2 is 2.19 bits per heavy atom. The third-order valence-corrected chi connectivity index (χ3v) is 6.29. The lowest BCUT2D eigenvalue weighted by molar-refractivity contribution is -0.118. The predicted molar refractivity (Wildman–Crippen MR) is 109 cm³/mol. The second kappa shape index (κ2) is 7.89. The lowest BCUT2D eigenvalue weighted by atomic mass is 10.2. The third-order valence-electron chi connectivity index (χ3n) is 4.52. The molecule has 3 N–H and O–H groups in total. The monoisotopic (exact) mass is 403 g/mol. The highest BCUT2D eigenvalue weighted by Gasteiger charge is 2.20. The molecule has 0 unspecified atom stereocenters. The summed E-state index contributed by atoms with van der Waals surface area (Å²) < 4.78 is 5.41. The number of carbonyl (C=O) groups is 1. The fourth-order valence-corrected chi connectivity index (χ4v) is 4.79. The number of carbonyl (C=O) groups excluding carboxylic acids is 1. The molecule has 0 bridgehead atoms. The van der Waals surface area contributed by atoms with Crippen molar-refractivity contribution in [3.63, 3.8) is 0 Å². The minimum atomic E-state index is -0.518. The number of thiophene rings is 2. The summed E-state index contributed by atoms with van der Waals surface area (Å²) in [6, 6.07) is 3.58. The van der Waals surface area contributed by atoms with Crippen LogP contribution in [0.15, 0.2) is 22.9 Å². The van der Waals surface area contributed by atoms with Crippen LogP contribution in [0.4, 0.5) is 5.82 Å². The number of amides is 1. The van der Waals surface area contributed by atoms with Gasteiger partial charge in [0, 0.05) is 28.9 Å². The molecule has 0 aliphatic carbocycles. The van der Waals surface area contributed by atoms with E-state index in [-0.39, 0.29) is 0 Å². The molecule has 1 atom stereocenters. The fraction of sp³-hybridized carbons (Fsp3) is 0.389. The van der Waals surface area contributed by atoms with Gasteiger partial charge in [-0.3, -0.25) is 9.69 Å². The average molecular weight is 404 g/mol. The largest absolute Gasteiger partial charge is 0.379 e. The minimum absolute atomic E-state index is 0.413. The lowest BCUT2D eigenvalue weighted by Crippen LogP contribution is -2.36. The highest BCUT2D eigenvalue weighted by Crippen LogP contribution is 2.39. The van der Waals surface area contributed by atoms with Crippen molar-refractivity contribution in [3.05, 3.63) is 28.7 Å². The Balaban J connectivity index is 1.75. The summed E-state index contributed by atoms with van der Waals surface area (Å²) in [6.07, 6.45) is 0. The number of hydrogen-bond acceptors (Lipinski definition) is 8. The van der Waals surface area contributed by atoms with E-state index < -0.39 is 11.9 Å². The molecular weight excluding hydrogens is 382 g/mol. The van der Waals surface area contributed by atoms with Gasteiger partial charge in [-0.05, 0) is 18.4 Å². The van der Waals surface area contributed by atoms with Crippen LogP contribution in [0.3, 0.4) is 0 Å². The van der Waals surface area contributed by atoms with E-state index in [2.05, 4.69) is 21.7 Å². The molecule has 0 aromatic carbocycles. The Morgan fingerprint density at radius 1 is 1.37 bits per heavy atom. The second-order valence-electron chi connectivity index (χ2n) is 6.45. The van der Waals surface area contributed by atoms with Gasteiger partial charge < -0.3 is 15.8 Å². The van der Waals surface area contributed by atoms with E-state index in [1.54, 1.807) is 29.6 Å². The van der Waals surface area contributed by atoms with Crippen molar-refractivity contribution < 1.29 is 9.53 Å². The van der Waals surface area contributed by atoms with Crippen LogP contribution in [0.5, 0.6) is 0 Å². The number of hydrogen-bond donors (Lipinski definition) is 2. The van der Waals surface area contributed by atoms with Crippen LogP contribution in [0.25, 0.3) is 20.7 Å². The van der Waals surface area contributed by atoms with E-state index in [4.69, 9.17) is 20.4 Å². The summed E-state index contributed by atoms with van der Waals surface area (Å²) in [7, 11) is 0. The zero-order chi connectivity index (χ0) is 18.8.